The van der Waals surface area contributed by atoms with Gasteiger partial charge in [-0.25, -0.2) is 4.79 Å². The van der Waals surface area contributed by atoms with Crippen molar-refractivity contribution in [2.24, 2.45) is 0 Å². The van der Waals surface area contributed by atoms with Gasteiger partial charge in [0.15, 0.2) is 11.5 Å². The topological polar surface area (TPSA) is 66.6 Å². The summed E-state index contributed by atoms with van der Waals surface area (Å²) >= 11 is 0. The number of carboxylic acids is 1. The number of hydrogen-bond donors (Lipinski definition) is 1. The van der Waals surface area contributed by atoms with Gasteiger partial charge >= 0.3 is 5.97 Å². The van der Waals surface area contributed by atoms with Crippen molar-refractivity contribution in [1.82, 2.24) is 5.16 Å². The molecule has 0 atom stereocenters. The van der Waals surface area contributed by atoms with E-state index in [1.54, 1.807) is 0 Å². The molecule has 0 saturated heterocycles. The number of aromatic carboxylic acids is 1. The second-order valence-corrected chi connectivity index (χ2v) is 4.37. The zero-order valence-electron chi connectivity index (χ0n) is 9.88. The van der Waals surface area contributed by atoms with Crippen molar-refractivity contribution in [1.29, 1.82) is 0 Å². The maximum absolute atomic E-state index is 10.8. The van der Waals surface area contributed by atoms with E-state index in [0.29, 0.717) is 5.76 Å². The molecule has 2 heterocycles. The van der Waals surface area contributed by atoms with Crippen molar-refractivity contribution in [2.45, 2.75) is 6.42 Å². The standard InChI is InChI=1S/C13H12N2O3/c1-15-6-5-8-3-2-4-9(12(8)15)11-7-10(13(16)17)14-18-11/h2-4,7H,5-6H2,1H3,(H,16,17). The molecule has 0 bridgehead atoms. The maximum atomic E-state index is 10.8. The fourth-order valence-corrected chi connectivity index (χ4v) is 2.35. The van der Waals surface area contributed by atoms with Crippen molar-refractivity contribution in [3.05, 3.63) is 35.5 Å². The molecule has 5 nitrogen and oxygen atoms in total. The summed E-state index contributed by atoms with van der Waals surface area (Å²) in [6.07, 6.45) is 1.000. The van der Waals surface area contributed by atoms with E-state index in [9.17, 15) is 4.79 Å². The lowest BCUT2D eigenvalue weighted by Crippen LogP contribution is -2.13. The Labute approximate surface area is 104 Å². The third-order valence-electron chi connectivity index (χ3n) is 3.21. The van der Waals surface area contributed by atoms with Crippen LogP contribution >= 0.6 is 0 Å². The van der Waals surface area contributed by atoms with Crippen LogP contribution in [0, 0.1) is 0 Å². The van der Waals surface area contributed by atoms with Crippen LogP contribution in [0.15, 0.2) is 28.8 Å². The van der Waals surface area contributed by atoms with Gasteiger partial charge in [-0.05, 0) is 18.1 Å². The Balaban J connectivity index is 2.12. The molecule has 0 fully saturated rings. The molecule has 5 heteroatoms. The number of hydrogen-bond acceptors (Lipinski definition) is 4. The van der Waals surface area contributed by atoms with Crippen LogP contribution in [0.3, 0.4) is 0 Å². The highest BCUT2D eigenvalue weighted by Crippen LogP contribution is 2.37. The number of carboxylic acid groups (broad SMARTS) is 1. The van der Waals surface area contributed by atoms with Crippen LogP contribution < -0.4 is 4.90 Å². The van der Waals surface area contributed by atoms with E-state index >= 15 is 0 Å². The predicted molar refractivity (Wildman–Crippen MR) is 65.9 cm³/mol. The summed E-state index contributed by atoms with van der Waals surface area (Å²) in [6.45, 7) is 0.965. The molecule has 0 radical (unpaired) electrons. The second-order valence-electron chi connectivity index (χ2n) is 4.37. The molecule has 0 aliphatic carbocycles. The Hall–Kier alpha value is -2.30. The van der Waals surface area contributed by atoms with Crippen LogP contribution in [0.25, 0.3) is 11.3 Å². The fraction of sp³-hybridized carbons (Fsp3) is 0.231. The predicted octanol–water partition coefficient (Wildman–Crippen LogP) is 2.03. The highest BCUT2D eigenvalue weighted by molar-refractivity contribution is 5.88. The average molecular weight is 244 g/mol. The molecule has 0 unspecified atom stereocenters. The van der Waals surface area contributed by atoms with Crippen molar-refractivity contribution < 1.29 is 14.4 Å². The van der Waals surface area contributed by atoms with Gasteiger partial charge in [-0.1, -0.05) is 17.3 Å². The third-order valence-corrected chi connectivity index (χ3v) is 3.21. The Bertz CT molecular complexity index is 618. The van der Waals surface area contributed by atoms with Gasteiger partial charge in [-0.15, -0.1) is 0 Å². The summed E-state index contributed by atoms with van der Waals surface area (Å²) in [5, 5.41) is 12.4. The number of rotatable bonds is 2. The van der Waals surface area contributed by atoms with Crippen LogP contribution in [0.2, 0.25) is 0 Å². The Morgan fingerprint density at radius 1 is 1.50 bits per heavy atom. The molecular weight excluding hydrogens is 232 g/mol. The summed E-state index contributed by atoms with van der Waals surface area (Å²) < 4.78 is 5.13. The Morgan fingerprint density at radius 2 is 2.33 bits per heavy atom. The molecule has 1 N–H and O–H groups in total. The first-order valence-electron chi connectivity index (χ1n) is 5.70. The number of fused-ring (bicyclic) bond motifs is 1. The number of nitrogens with zero attached hydrogens (tertiary/aromatic N) is 2. The van der Waals surface area contributed by atoms with Crippen LogP contribution in [-0.2, 0) is 6.42 Å². The van der Waals surface area contributed by atoms with E-state index in [-0.39, 0.29) is 5.69 Å². The Kier molecular flexibility index (Phi) is 2.33. The van der Waals surface area contributed by atoms with E-state index in [2.05, 4.69) is 16.1 Å². The number of para-hydroxylation sites is 1. The van der Waals surface area contributed by atoms with E-state index in [1.807, 2.05) is 19.2 Å². The molecule has 1 aliphatic rings. The quantitative estimate of drug-likeness (QED) is 0.875. The van der Waals surface area contributed by atoms with Gasteiger partial charge in [0.05, 0.1) is 5.69 Å². The lowest BCUT2D eigenvalue weighted by atomic mass is 10.1. The number of benzene rings is 1. The second kappa shape index (κ2) is 3.87. The van der Waals surface area contributed by atoms with Crippen molar-refractivity contribution in [2.75, 3.05) is 18.5 Å². The number of aromatic nitrogens is 1. The summed E-state index contributed by atoms with van der Waals surface area (Å²) in [5.41, 5.74) is 3.18. The van der Waals surface area contributed by atoms with E-state index < -0.39 is 5.97 Å². The molecule has 1 aliphatic heterocycles. The van der Waals surface area contributed by atoms with E-state index in [4.69, 9.17) is 9.63 Å². The largest absolute Gasteiger partial charge is 0.476 e. The van der Waals surface area contributed by atoms with Gasteiger partial charge < -0.3 is 14.5 Å². The molecule has 1 aromatic heterocycles. The summed E-state index contributed by atoms with van der Waals surface area (Å²) in [7, 11) is 2.02. The molecule has 92 valence electrons. The zero-order valence-corrected chi connectivity index (χ0v) is 9.88. The zero-order chi connectivity index (χ0) is 12.7. The first kappa shape index (κ1) is 10.8. The SMILES string of the molecule is CN1CCc2cccc(-c3cc(C(=O)O)no3)c21. The lowest BCUT2D eigenvalue weighted by molar-refractivity contribution is 0.0686. The van der Waals surface area contributed by atoms with Crippen LogP contribution in [0.5, 0.6) is 0 Å². The minimum Gasteiger partial charge on any atom is -0.476 e. The van der Waals surface area contributed by atoms with Gasteiger partial charge in [0.2, 0.25) is 0 Å². The molecule has 2 aromatic rings. The molecule has 18 heavy (non-hydrogen) atoms. The maximum Gasteiger partial charge on any atom is 0.358 e. The van der Waals surface area contributed by atoms with Crippen LogP contribution in [0.1, 0.15) is 16.1 Å². The van der Waals surface area contributed by atoms with Crippen LogP contribution in [0.4, 0.5) is 5.69 Å². The first-order chi connectivity index (χ1) is 8.66. The number of carbonyl (C=O) groups is 1. The van der Waals surface area contributed by atoms with Gasteiger partial charge in [0, 0.05) is 25.2 Å². The lowest BCUT2D eigenvalue weighted by Gasteiger charge is -2.14. The molecule has 3 rings (SSSR count). The van der Waals surface area contributed by atoms with E-state index in [1.165, 1.54) is 11.6 Å². The first-order valence-corrected chi connectivity index (χ1v) is 5.70. The van der Waals surface area contributed by atoms with Crippen LogP contribution in [-0.4, -0.2) is 29.8 Å². The minimum absolute atomic E-state index is 0.0664. The molecular formula is C13H12N2O3. The Morgan fingerprint density at radius 3 is 3.06 bits per heavy atom. The van der Waals surface area contributed by atoms with Gasteiger partial charge in [0.25, 0.3) is 0 Å². The van der Waals surface area contributed by atoms with Crippen molar-refractivity contribution >= 4 is 11.7 Å². The molecule has 1 aromatic carbocycles. The highest BCUT2D eigenvalue weighted by atomic mass is 16.5. The van der Waals surface area contributed by atoms with Gasteiger partial charge in [-0.2, -0.15) is 0 Å². The number of anilines is 1. The third kappa shape index (κ3) is 1.55. The van der Waals surface area contributed by atoms with Gasteiger partial charge in [-0.3, -0.25) is 0 Å². The van der Waals surface area contributed by atoms with Gasteiger partial charge in [0.1, 0.15) is 0 Å². The summed E-state index contributed by atoms with van der Waals surface area (Å²) in [4.78, 5) is 13.0. The number of likely N-dealkylation sites (N-methyl/N-ethyl adjacent to an activating group) is 1. The van der Waals surface area contributed by atoms with Crippen molar-refractivity contribution in [3.8, 4) is 11.3 Å². The smallest absolute Gasteiger partial charge is 0.358 e. The average Bonchev–Trinajstić information content (AvgIpc) is 2.96. The highest BCUT2D eigenvalue weighted by Gasteiger charge is 2.22. The molecule has 0 amide bonds. The summed E-state index contributed by atoms with van der Waals surface area (Å²) in [5.74, 6) is -0.580. The van der Waals surface area contributed by atoms with Crippen molar-refractivity contribution in [3.63, 3.8) is 0 Å². The minimum atomic E-state index is -1.08. The molecule has 0 saturated carbocycles. The molecule has 0 spiro atoms. The summed E-state index contributed by atoms with van der Waals surface area (Å²) in [6, 6.07) is 7.42. The normalized spacial score (nSPS) is 13.7. The monoisotopic (exact) mass is 244 g/mol. The van der Waals surface area contributed by atoms with E-state index in [0.717, 1.165) is 24.2 Å². The fourth-order valence-electron chi connectivity index (χ4n) is 2.35.